The van der Waals surface area contributed by atoms with Crippen LogP contribution in [0.1, 0.15) is 29.8 Å². The number of benzene rings is 2. The van der Waals surface area contributed by atoms with Gasteiger partial charge >= 0.3 is 0 Å². The molecule has 162 valence electrons. The molecular weight excluding hydrogens is 400 g/mol. The van der Waals surface area contributed by atoms with Crippen LogP contribution in [0.5, 0.6) is 0 Å². The van der Waals surface area contributed by atoms with Gasteiger partial charge in [-0.25, -0.2) is 4.98 Å². The van der Waals surface area contributed by atoms with E-state index < -0.39 is 0 Å². The van der Waals surface area contributed by atoms with E-state index in [0.29, 0.717) is 18.1 Å². The predicted molar refractivity (Wildman–Crippen MR) is 128 cm³/mol. The molecule has 0 aliphatic heterocycles. The van der Waals surface area contributed by atoms with Crippen molar-refractivity contribution in [3.05, 3.63) is 95.9 Å². The molecule has 0 aliphatic rings. The largest absolute Gasteiger partial charge is 0.383 e. The summed E-state index contributed by atoms with van der Waals surface area (Å²) in [5.41, 5.74) is 17.6. The highest BCUT2D eigenvalue weighted by Crippen LogP contribution is 2.30. The molecule has 5 N–H and O–H groups in total. The summed E-state index contributed by atoms with van der Waals surface area (Å²) in [6.07, 6.45) is 3.59. The second-order valence-electron chi connectivity index (χ2n) is 7.49. The number of aromatic nitrogens is 3. The third-order valence-corrected chi connectivity index (χ3v) is 5.14. The Morgan fingerprint density at radius 1 is 0.875 bits per heavy atom. The van der Waals surface area contributed by atoms with Gasteiger partial charge in [0.25, 0.3) is 0 Å². The number of rotatable bonds is 8. The van der Waals surface area contributed by atoms with Gasteiger partial charge in [0.1, 0.15) is 5.82 Å². The maximum absolute atomic E-state index is 6.22. The summed E-state index contributed by atoms with van der Waals surface area (Å²) in [6.45, 7) is 2.86. The van der Waals surface area contributed by atoms with E-state index in [4.69, 9.17) is 16.2 Å². The standard InChI is InChI=1S/C25H26N6O/c1-17(19-11-13-28-14-12-19)29-21-9-7-20(8-10-21)23-22(30-25(27)31-24(23)26)16-32-15-18-5-3-2-4-6-18/h2-14,17,29H,15-16H2,1H3,(H4,26,27,30,31). The Bertz CT molecular complexity index is 1150. The first kappa shape index (κ1) is 21.3. The minimum absolute atomic E-state index is 0.133. The second-order valence-corrected chi connectivity index (χ2v) is 7.49. The fraction of sp³-hybridized carbons (Fsp3) is 0.160. The number of ether oxygens (including phenoxy) is 1. The topological polar surface area (TPSA) is 112 Å². The highest BCUT2D eigenvalue weighted by Gasteiger charge is 2.14. The maximum Gasteiger partial charge on any atom is 0.222 e. The van der Waals surface area contributed by atoms with E-state index in [2.05, 4.69) is 27.2 Å². The van der Waals surface area contributed by atoms with Gasteiger partial charge in [-0.3, -0.25) is 4.98 Å². The molecule has 7 heteroatoms. The minimum atomic E-state index is 0.133. The first-order valence-electron chi connectivity index (χ1n) is 10.4. The third kappa shape index (κ3) is 5.19. The summed E-state index contributed by atoms with van der Waals surface area (Å²) in [5, 5.41) is 3.49. The molecule has 0 saturated heterocycles. The smallest absolute Gasteiger partial charge is 0.222 e. The van der Waals surface area contributed by atoms with Crippen molar-refractivity contribution in [2.75, 3.05) is 16.8 Å². The average molecular weight is 427 g/mol. The zero-order chi connectivity index (χ0) is 22.3. The van der Waals surface area contributed by atoms with E-state index in [9.17, 15) is 0 Å². The average Bonchev–Trinajstić information content (AvgIpc) is 2.81. The number of nitrogens with zero attached hydrogens (tertiary/aromatic N) is 3. The molecule has 0 radical (unpaired) electrons. The van der Waals surface area contributed by atoms with Gasteiger partial charge in [0.05, 0.1) is 18.9 Å². The zero-order valence-corrected chi connectivity index (χ0v) is 17.9. The van der Waals surface area contributed by atoms with E-state index in [1.165, 1.54) is 0 Å². The highest BCUT2D eigenvalue weighted by atomic mass is 16.5. The van der Waals surface area contributed by atoms with Gasteiger partial charge in [-0.2, -0.15) is 4.98 Å². The van der Waals surface area contributed by atoms with Gasteiger partial charge in [-0.15, -0.1) is 0 Å². The van der Waals surface area contributed by atoms with Crippen LogP contribution >= 0.6 is 0 Å². The van der Waals surface area contributed by atoms with Crippen molar-refractivity contribution in [1.29, 1.82) is 0 Å². The van der Waals surface area contributed by atoms with E-state index in [0.717, 1.165) is 27.9 Å². The first-order valence-corrected chi connectivity index (χ1v) is 10.4. The van der Waals surface area contributed by atoms with Crippen LogP contribution in [0.2, 0.25) is 0 Å². The first-order chi connectivity index (χ1) is 15.6. The highest BCUT2D eigenvalue weighted by molar-refractivity contribution is 5.77. The number of nitrogens with one attached hydrogen (secondary N) is 1. The molecule has 32 heavy (non-hydrogen) atoms. The molecular formula is C25H26N6O. The molecule has 4 rings (SSSR count). The van der Waals surface area contributed by atoms with Crippen LogP contribution in [0, 0.1) is 0 Å². The molecule has 2 aromatic carbocycles. The monoisotopic (exact) mass is 426 g/mol. The molecule has 1 atom stereocenters. The maximum atomic E-state index is 6.22. The van der Waals surface area contributed by atoms with E-state index >= 15 is 0 Å². The molecule has 4 aromatic rings. The zero-order valence-electron chi connectivity index (χ0n) is 17.9. The molecule has 2 aromatic heterocycles. The summed E-state index contributed by atoms with van der Waals surface area (Å²) in [5.74, 6) is 0.468. The Balaban J connectivity index is 1.51. The Hall–Kier alpha value is -3.97. The SMILES string of the molecule is CC(Nc1ccc(-c2c(N)nc(N)nc2COCc2ccccc2)cc1)c1ccncc1. The van der Waals surface area contributed by atoms with Crippen LogP contribution in [0.3, 0.4) is 0 Å². The van der Waals surface area contributed by atoms with Crippen LogP contribution in [0.4, 0.5) is 17.5 Å². The normalized spacial score (nSPS) is 11.8. The molecule has 0 fully saturated rings. The summed E-state index contributed by atoms with van der Waals surface area (Å²) in [7, 11) is 0. The lowest BCUT2D eigenvalue weighted by Gasteiger charge is -2.17. The lowest BCUT2D eigenvalue weighted by atomic mass is 10.0. The van der Waals surface area contributed by atoms with E-state index in [1.54, 1.807) is 12.4 Å². The third-order valence-electron chi connectivity index (χ3n) is 5.14. The molecule has 0 spiro atoms. The molecule has 0 amide bonds. The molecule has 7 nitrogen and oxygen atoms in total. The summed E-state index contributed by atoms with van der Waals surface area (Å²) >= 11 is 0. The molecule has 2 heterocycles. The summed E-state index contributed by atoms with van der Waals surface area (Å²) in [6, 6.07) is 22.1. The van der Waals surface area contributed by atoms with Crippen molar-refractivity contribution >= 4 is 17.5 Å². The van der Waals surface area contributed by atoms with E-state index in [-0.39, 0.29) is 18.6 Å². The van der Waals surface area contributed by atoms with Gasteiger partial charge < -0.3 is 21.5 Å². The van der Waals surface area contributed by atoms with Crippen molar-refractivity contribution in [3.8, 4) is 11.1 Å². The minimum Gasteiger partial charge on any atom is -0.383 e. The van der Waals surface area contributed by atoms with Crippen molar-refractivity contribution < 1.29 is 4.74 Å². The van der Waals surface area contributed by atoms with Gasteiger partial charge in [0, 0.05) is 29.7 Å². The fourth-order valence-corrected chi connectivity index (χ4v) is 3.52. The summed E-state index contributed by atoms with van der Waals surface area (Å²) < 4.78 is 5.88. The van der Waals surface area contributed by atoms with Gasteiger partial charge in [0.2, 0.25) is 5.95 Å². The van der Waals surface area contributed by atoms with Crippen LogP contribution in [-0.2, 0) is 18.0 Å². The van der Waals surface area contributed by atoms with Crippen LogP contribution in [0.15, 0.2) is 79.1 Å². The molecule has 0 saturated carbocycles. The van der Waals surface area contributed by atoms with E-state index in [1.807, 2.05) is 66.7 Å². The van der Waals surface area contributed by atoms with Crippen molar-refractivity contribution in [1.82, 2.24) is 15.0 Å². The Morgan fingerprint density at radius 3 is 2.31 bits per heavy atom. The van der Waals surface area contributed by atoms with Crippen molar-refractivity contribution in [2.45, 2.75) is 26.2 Å². The molecule has 0 bridgehead atoms. The quantitative estimate of drug-likeness (QED) is 0.378. The lowest BCUT2D eigenvalue weighted by Crippen LogP contribution is -2.09. The second kappa shape index (κ2) is 9.89. The molecule has 0 aliphatic carbocycles. The Labute approximate surface area is 187 Å². The number of nitrogens with two attached hydrogens (primary N) is 2. The van der Waals surface area contributed by atoms with Crippen molar-refractivity contribution in [2.24, 2.45) is 0 Å². The fourth-order valence-electron chi connectivity index (χ4n) is 3.52. The summed E-state index contributed by atoms with van der Waals surface area (Å²) in [4.78, 5) is 12.6. The van der Waals surface area contributed by atoms with Crippen LogP contribution in [0.25, 0.3) is 11.1 Å². The number of hydrogen-bond donors (Lipinski definition) is 3. The number of hydrogen-bond acceptors (Lipinski definition) is 7. The van der Waals surface area contributed by atoms with Crippen LogP contribution in [-0.4, -0.2) is 15.0 Å². The lowest BCUT2D eigenvalue weighted by molar-refractivity contribution is 0.105. The molecule has 1 unspecified atom stereocenters. The van der Waals surface area contributed by atoms with Crippen molar-refractivity contribution in [3.63, 3.8) is 0 Å². The van der Waals surface area contributed by atoms with Gasteiger partial charge in [-0.05, 0) is 47.9 Å². The number of anilines is 3. The number of nitrogen functional groups attached to an aromatic ring is 2. The Kier molecular flexibility index (Phi) is 6.57. The van der Waals surface area contributed by atoms with Gasteiger partial charge in [0.15, 0.2) is 0 Å². The number of pyridine rings is 1. The van der Waals surface area contributed by atoms with Crippen LogP contribution < -0.4 is 16.8 Å². The Morgan fingerprint density at radius 2 is 1.59 bits per heavy atom. The predicted octanol–water partition coefficient (Wildman–Crippen LogP) is 4.59. The van der Waals surface area contributed by atoms with Gasteiger partial charge in [-0.1, -0.05) is 42.5 Å².